The van der Waals surface area contributed by atoms with E-state index in [4.69, 9.17) is 47.4 Å². The van der Waals surface area contributed by atoms with Crippen molar-refractivity contribution in [2.45, 2.75) is 246 Å². The second kappa shape index (κ2) is 34.3. The van der Waals surface area contributed by atoms with Crippen LogP contribution in [0.25, 0.3) is 0 Å². The largest absolute Gasteiger partial charge is 0.497 e. The van der Waals surface area contributed by atoms with Crippen LogP contribution in [0.15, 0.2) is 84.9 Å². The van der Waals surface area contributed by atoms with E-state index in [-0.39, 0.29) is 36.4 Å². The number of benzene rings is 4. The predicted octanol–water partition coefficient (Wildman–Crippen LogP) is 14.6. The molecule has 2 unspecified atom stereocenters. The number of methoxy groups -OCH3 is 2. The van der Waals surface area contributed by atoms with Gasteiger partial charge in [-0.05, 0) is 184 Å². The molecule has 486 valence electrons. The third-order valence-electron chi connectivity index (χ3n) is 15.5. The molecule has 0 bridgehead atoms. The molecule has 8 atom stereocenters. The molecule has 0 aromatic heterocycles. The molecule has 16 heteroatoms. The van der Waals surface area contributed by atoms with Gasteiger partial charge in [0.05, 0.1) is 76.2 Å². The van der Waals surface area contributed by atoms with Crippen molar-refractivity contribution in [3.8, 4) is 23.3 Å². The Bertz CT molecular complexity index is 2910. The van der Waals surface area contributed by atoms with Crippen molar-refractivity contribution in [1.29, 1.82) is 0 Å². The molecular weight excluding hydrogens is 1140 g/mol. The first-order valence-electron chi connectivity index (χ1n) is 31.6. The summed E-state index contributed by atoms with van der Waals surface area (Å²) in [4.78, 5) is 26.2. The number of carbonyl (C=O) groups is 2. The lowest BCUT2D eigenvalue weighted by molar-refractivity contribution is -0.153. The summed E-state index contributed by atoms with van der Waals surface area (Å²) in [5.41, 5.74) is 9.58. The Morgan fingerprint density at radius 2 is 1.03 bits per heavy atom. The normalized spacial score (nSPS) is 19.4. The average Bonchev–Trinajstić information content (AvgIpc) is 1.74. The molecule has 0 radical (unpaired) electrons. The smallest absolute Gasteiger partial charge is 0.338 e. The highest BCUT2D eigenvalue weighted by molar-refractivity contribution is 6.76. The van der Waals surface area contributed by atoms with Crippen LogP contribution in [-0.4, -0.2) is 126 Å². The van der Waals surface area contributed by atoms with Gasteiger partial charge in [0.25, 0.3) is 0 Å². The molecule has 4 aromatic carbocycles. The highest BCUT2D eigenvalue weighted by Gasteiger charge is 2.45. The molecular formula is C72H106O14Si2. The lowest BCUT2D eigenvalue weighted by atomic mass is 9.93. The van der Waals surface area contributed by atoms with Gasteiger partial charge in [-0.1, -0.05) is 123 Å². The zero-order valence-corrected chi connectivity index (χ0v) is 58.4. The SMILES string of the molecule is COc1ccc(CO[C@@H](C)C/C=C\C(O)[C@H]2OC(C)(C)O[C@H]2CCCc2cc(C)cc(C)c2C(=O)OCC[Si](C)(C)C)cc1.COc1ccc(CO[C@H](C)CC#CC(O)[C@H]2OC(C)(C)O[C@H]2CCCc2cc(C)cc(C)c2C(=O)OCC[Si](C)(C)C)cc1. The van der Waals surface area contributed by atoms with E-state index >= 15 is 0 Å². The first-order chi connectivity index (χ1) is 41.3. The summed E-state index contributed by atoms with van der Waals surface area (Å²) in [5, 5.41) is 22.0. The molecule has 88 heavy (non-hydrogen) atoms. The number of aryl methyl sites for hydroxylation is 6. The van der Waals surface area contributed by atoms with Crippen LogP contribution in [0.1, 0.15) is 145 Å². The Balaban J connectivity index is 0.000000321. The Morgan fingerprint density at radius 1 is 0.614 bits per heavy atom. The summed E-state index contributed by atoms with van der Waals surface area (Å²) in [6.07, 6.45) is 5.62. The minimum Gasteiger partial charge on any atom is -0.497 e. The molecule has 14 nitrogen and oxygen atoms in total. The van der Waals surface area contributed by atoms with Crippen LogP contribution in [0, 0.1) is 39.5 Å². The van der Waals surface area contributed by atoms with Crippen LogP contribution >= 0.6 is 0 Å². The topological polar surface area (TPSA) is 167 Å². The summed E-state index contributed by atoms with van der Waals surface area (Å²) in [5.74, 6) is 5.57. The molecule has 0 saturated carbocycles. The monoisotopic (exact) mass is 1250 g/mol. The average molecular weight is 1250 g/mol. The molecule has 2 fully saturated rings. The molecule has 6 rings (SSSR count). The molecule has 0 spiro atoms. The van der Waals surface area contributed by atoms with Crippen LogP contribution in [0.2, 0.25) is 51.4 Å². The fourth-order valence-electron chi connectivity index (χ4n) is 10.8. The summed E-state index contributed by atoms with van der Waals surface area (Å²) < 4.78 is 58.4. The molecule has 0 aliphatic carbocycles. The van der Waals surface area contributed by atoms with Gasteiger partial charge >= 0.3 is 11.9 Å². The first kappa shape index (κ1) is 73.6. The number of aliphatic hydroxyl groups excluding tert-OH is 2. The quantitative estimate of drug-likeness (QED) is 0.0219. The van der Waals surface area contributed by atoms with Gasteiger partial charge < -0.3 is 57.6 Å². The fourth-order valence-corrected chi connectivity index (χ4v) is 12.2. The van der Waals surface area contributed by atoms with E-state index in [1.165, 1.54) is 0 Å². The van der Waals surface area contributed by atoms with Gasteiger partial charge in [-0.3, -0.25) is 0 Å². The standard InChI is InChI=1S/C36H54O7Si.C36H52O7Si/c2*1-25-22-26(2)33(35(38)40-20-21-44(7,8)9)29(23-25)13-11-15-32-34(43-36(4,5)42-32)31(37)14-10-12-27(3)41-24-28-16-18-30(39-6)19-17-28/h10,14,16-19,22-23,27,31-32,34,37H,11-13,15,20-21,24H2,1-9H3;16-19,22-23,27,31-32,34,37H,11-13,15,20-21,24H2,1-9H3/b14-10-;/t27-,31?,32-,34+;27-,31?,32+,34-/m01/s1. The Kier molecular flexibility index (Phi) is 28.7. The molecule has 2 saturated heterocycles. The van der Waals surface area contributed by atoms with Crippen molar-refractivity contribution in [2.24, 2.45) is 0 Å². The Hall–Kier alpha value is -5.17. The van der Waals surface area contributed by atoms with Gasteiger partial charge in [0.2, 0.25) is 0 Å². The van der Waals surface area contributed by atoms with E-state index in [2.05, 4.69) is 70.2 Å². The number of carbonyl (C=O) groups excluding carboxylic acids is 2. The summed E-state index contributed by atoms with van der Waals surface area (Å²) in [7, 11) is 0.696. The van der Waals surface area contributed by atoms with E-state index < -0.39 is 52.1 Å². The molecule has 2 heterocycles. The third-order valence-corrected chi connectivity index (χ3v) is 18.9. The number of ether oxygens (including phenoxy) is 10. The van der Waals surface area contributed by atoms with Crippen molar-refractivity contribution in [3.63, 3.8) is 0 Å². The molecule has 2 N–H and O–H groups in total. The maximum Gasteiger partial charge on any atom is 0.338 e. The number of rotatable bonds is 30. The third kappa shape index (κ3) is 25.3. The number of hydrogen-bond donors (Lipinski definition) is 2. The van der Waals surface area contributed by atoms with Crippen molar-refractivity contribution in [2.75, 3.05) is 27.4 Å². The second-order valence-electron chi connectivity index (χ2n) is 27.3. The maximum absolute atomic E-state index is 13.1. The summed E-state index contributed by atoms with van der Waals surface area (Å²) in [6.45, 7) is 35.1. The Labute approximate surface area is 529 Å². The molecule has 2 aliphatic rings. The Morgan fingerprint density at radius 3 is 1.47 bits per heavy atom. The predicted molar refractivity (Wildman–Crippen MR) is 355 cm³/mol. The maximum atomic E-state index is 13.1. The van der Waals surface area contributed by atoms with E-state index in [1.807, 2.05) is 129 Å². The van der Waals surface area contributed by atoms with Gasteiger partial charge in [0, 0.05) is 22.6 Å². The molecule has 2 aliphatic heterocycles. The molecule has 4 aromatic rings. The van der Waals surface area contributed by atoms with Crippen molar-refractivity contribution in [1.82, 2.24) is 0 Å². The van der Waals surface area contributed by atoms with Crippen molar-refractivity contribution < 1.29 is 67.2 Å². The van der Waals surface area contributed by atoms with Crippen molar-refractivity contribution >= 4 is 28.1 Å². The van der Waals surface area contributed by atoms with Gasteiger partial charge in [-0.15, -0.1) is 0 Å². The fraction of sp³-hybridized carbons (Fsp3) is 0.583. The minimum atomic E-state index is -1.30. The van der Waals surface area contributed by atoms with Gasteiger partial charge in [-0.25, -0.2) is 9.59 Å². The minimum absolute atomic E-state index is 0.0113. The van der Waals surface area contributed by atoms with Crippen LogP contribution in [0.3, 0.4) is 0 Å². The molecule has 0 amide bonds. The van der Waals surface area contributed by atoms with Gasteiger partial charge in [0.15, 0.2) is 11.6 Å². The van der Waals surface area contributed by atoms with Gasteiger partial charge in [-0.2, -0.15) is 0 Å². The van der Waals surface area contributed by atoms with Crippen LogP contribution in [-0.2, 0) is 64.0 Å². The van der Waals surface area contributed by atoms with Crippen LogP contribution < -0.4 is 9.47 Å². The number of aliphatic hydroxyl groups is 2. The highest BCUT2D eigenvalue weighted by Crippen LogP contribution is 2.35. The first-order valence-corrected chi connectivity index (χ1v) is 39.0. The van der Waals surface area contributed by atoms with E-state index in [1.54, 1.807) is 20.3 Å². The lowest BCUT2D eigenvalue weighted by Gasteiger charge is -2.21. The van der Waals surface area contributed by atoms with E-state index in [0.29, 0.717) is 76.1 Å². The second-order valence-corrected chi connectivity index (χ2v) is 38.5. The lowest BCUT2D eigenvalue weighted by Crippen LogP contribution is -2.34. The van der Waals surface area contributed by atoms with Gasteiger partial charge in [0.1, 0.15) is 35.9 Å². The van der Waals surface area contributed by atoms with Crippen LogP contribution in [0.4, 0.5) is 0 Å². The zero-order chi connectivity index (χ0) is 65.0. The highest BCUT2D eigenvalue weighted by atomic mass is 28.3. The summed E-state index contributed by atoms with van der Waals surface area (Å²) in [6, 6.07) is 25.7. The van der Waals surface area contributed by atoms with Crippen molar-refractivity contribution in [3.05, 3.63) is 141 Å². The zero-order valence-electron chi connectivity index (χ0n) is 56.4. The number of esters is 2. The number of hydrogen-bond acceptors (Lipinski definition) is 14. The summed E-state index contributed by atoms with van der Waals surface area (Å²) >= 11 is 0. The van der Waals surface area contributed by atoms with E-state index in [0.717, 1.165) is 80.9 Å². The van der Waals surface area contributed by atoms with E-state index in [9.17, 15) is 19.8 Å². The van der Waals surface area contributed by atoms with Crippen LogP contribution in [0.5, 0.6) is 11.5 Å².